The minimum atomic E-state index is -0.0902. The van der Waals surface area contributed by atoms with Crippen molar-refractivity contribution in [2.75, 3.05) is 43.4 Å². The Morgan fingerprint density at radius 1 is 0.968 bits per heavy atom. The molecule has 5 rings (SSSR count). The van der Waals surface area contributed by atoms with Gasteiger partial charge in [0.15, 0.2) is 0 Å². The first-order valence-electron chi connectivity index (χ1n) is 10.5. The fraction of sp³-hybridized carbons (Fsp3) is 0.250. The van der Waals surface area contributed by atoms with Gasteiger partial charge >= 0.3 is 0 Å². The average molecular weight is 432 g/mol. The number of thiophene rings is 1. The van der Waals surface area contributed by atoms with Crippen LogP contribution in [0.15, 0.2) is 60.7 Å². The molecule has 2 aromatic heterocycles. The van der Waals surface area contributed by atoms with Gasteiger partial charge in [0.05, 0.1) is 16.3 Å². The molecule has 0 aliphatic carbocycles. The van der Waals surface area contributed by atoms with Gasteiger partial charge in [0.2, 0.25) is 0 Å². The van der Waals surface area contributed by atoms with Gasteiger partial charge in [-0.25, -0.2) is 4.68 Å². The molecule has 3 heterocycles. The van der Waals surface area contributed by atoms with Crippen LogP contribution in [0, 0.1) is 6.92 Å². The van der Waals surface area contributed by atoms with Crippen LogP contribution in [0.3, 0.4) is 0 Å². The molecule has 1 amide bonds. The minimum absolute atomic E-state index is 0.0902. The van der Waals surface area contributed by atoms with Crippen molar-refractivity contribution < 1.29 is 4.79 Å². The number of amides is 1. The molecule has 7 heteroatoms. The predicted molar refractivity (Wildman–Crippen MR) is 128 cm³/mol. The van der Waals surface area contributed by atoms with Crippen molar-refractivity contribution in [3.63, 3.8) is 0 Å². The fourth-order valence-corrected chi connectivity index (χ4v) is 4.99. The van der Waals surface area contributed by atoms with E-state index in [9.17, 15) is 4.79 Å². The Balaban J connectivity index is 1.34. The van der Waals surface area contributed by atoms with E-state index >= 15 is 0 Å². The molecule has 1 fully saturated rings. The number of para-hydroxylation sites is 1. The van der Waals surface area contributed by atoms with Crippen LogP contribution in [0.5, 0.6) is 0 Å². The van der Waals surface area contributed by atoms with Gasteiger partial charge in [-0.2, -0.15) is 5.10 Å². The number of likely N-dealkylation sites (N-methyl/N-ethyl adjacent to an activating group) is 1. The van der Waals surface area contributed by atoms with Crippen molar-refractivity contribution in [1.82, 2.24) is 14.7 Å². The Labute approximate surface area is 185 Å². The van der Waals surface area contributed by atoms with Gasteiger partial charge in [0, 0.05) is 42.9 Å². The summed E-state index contributed by atoms with van der Waals surface area (Å²) in [6.07, 6.45) is 0. The van der Waals surface area contributed by atoms with E-state index in [0.29, 0.717) is 4.88 Å². The highest BCUT2D eigenvalue weighted by atomic mass is 32.1. The molecule has 158 valence electrons. The third kappa shape index (κ3) is 3.94. The first kappa shape index (κ1) is 19.8. The smallest absolute Gasteiger partial charge is 0.265 e. The molecular formula is C24H25N5OS. The van der Waals surface area contributed by atoms with E-state index in [0.717, 1.165) is 53.5 Å². The van der Waals surface area contributed by atoms with Crippen LogP contribution < -0.4 is 10.2 Å². The average Bonchev–Trinajstić information content (AvgIpc) is 3.36. The number of nitrogens with one attached hydrogen (secondary N) is 1. The topological polar surface area (TPSA) is 53.4 Å². The van der Waals surface area contributed by atoms with Crippen molar-refractivity contribution in [2.45, 2.75) is 6.92 Å². The molecule has 0 unspecified atom stereocenters. The van der Waals surface area contributed by atoms with Gasteiger partial charge in [-0.1, -0.05) is 18.2 Å². The molecule has 2 aromatic carbocycles. The molecular weight excluding hydrogens is 406 g/mol. The van der Waals surface area contributed by atoms with Crippen molar-refractivity contribution in [3.05, 3.63) is 71.2 Å². The lowest BCUT2D eigenvalue weighted by Gasteiger charge is -2.34. The van der Waals surface area contributed by atoms with Gasteiger partial charge in [-0.05, 0) is 56.4 Å². The number of carbonyl (C=O) groups excluding carboxylic acids is 1. The zero-order chi connectivity index (χ0) is 21.4. The maximum absolute atomic E-state index is 12.9. The van der Waals surface area contributed by atoms with Crippen LogP contribution in [0.25, 0.3) is 15.9 Å². The van der Waals surface area contributed by atoms with E-state index in [4.69, 9.17) is 0 Å². The molecule has 31 heavy (non-hydrogen) atoms. The second kappa shape index (κ2) is 8.17. The highest BCUT2D eigenvalue weighted by Gasteiger charge is 2.18. The first-order valence-corrected chi connectivity index (χ1v) is 11.3. The van der Waals surface area contributed by atoms with Crippen LogP contribution in [-0.4, -0.2) is 53.8 Å². The summed E-state index contributed by atoms with van der Waals surface area (Å²) in [5.41, 5.74) is 3.92. The van der Waals surface area contributed by atoms with E-state index < -0.39 is 0 Å². The second-order valence-electron chi connectivity index (χ2n) is 7.95. The lowest BCUT2D eigenvalue weighted by Crippen LogP contribution is -2.44. The number of rotatable bonds is 4. The largest absolute Gasteiger partial charge is 0.369 e. The van der Waals surface area contributed by atoms with Gasteiger partial charge in [0.1, 0.15) is 4.83 Å². The maximum Gasteiger partial charge on any atom is 0.265 e. The molecule has 1 aliphatic heterocycles. The van der Waals surface area contributed by atoms with E-state index in [1.54, 1.807) is 0 Å². The van der Waals surface area contributed by atoms with E-state index in [2.05, 4.69) is 39.4 Å². The van der Waals surface area contributed by atoms with Crippen LogP contribution in [0.4, 0.5) is 11.4 Å². The van der Waals surface area contributed by atoms with Crippen molar-refractivity contribution in [3.8, 4) is 5.69 Å². The number of hydrogen-bond acceptors (Lipinski definition) is 5. The predicted octanol–water partition coefficient (Wildman–Crippen LogP) is 4.40. The van der Waals surface area contributed by atoms with Crippen molar-refractivity contribution >= 4 is 38.8 Å². The molecule has 4 aromatic rings. The third-order valence-corrected chi connectivity index (χ3v) is 6.87. The number of hydrogen-bond donors (Lipinski definition) is 1. The Hall–Kier alpha value is -3.16. The highest BCUT2D eigenvalue weighted by Crippen LogP contribution is 2.31. The summed E-state index contributed by atoms with van der Waals surface area (Å²) in [6.45, 7) is 6.19. The number of benzene rings is 2. The fourth-order valence-electron chi connectivity index (χ4n) is 3.92. The number of piperazine rings is 1. The summed E-state index contributed by atoms with van der Waals surface area (Å²) in [6, 6.07) is 20.1. The minimum Gasteiger partial charge on any atom is -0.369 e. The number of anilines is 2. The monoisotopic (exact) mass is 431 g/mol. The summed E-state index contributed by atoms with van der Waals surface area (Å²) in [5.74, 6) is -0.0902. The quantitative estimate of drug-likeness (QED) is 0.520. The lowest BCUT2D eigenvalue weighted by atomic mass is 10.2. The zero-order valence-electron chi connectivity index (χ0n) is 17.7. The summed E-state index contributed by atoms with van der Waals surface area (Å²) >= 11 is 1.47. The van der Waals surface area contributed by atoms with E-state index in [1.165, 1.54) is 17.0 Å². The van der Waals surface area contributed by atoms with Gasteiger partial charge in [0.25, 0.3) is 5.91 Å². The van der Waals surface area contributed by atoms with Gasteiger partial charge in [-0.3, -0.25) is 4.79 Å². The van der Waals surface area contributed by atoms with Crippen LogP contribution in [-0.2, 0) is 0 Å². The number of nitrogens with zero attached hydrogens (tertiary/aromatic N) is 4. The molecule has 0 spiro atoms. The summed E-state index contributed by atoms with van der Waals surface area (Å²) in [7, 11) is 2.16. The molecule has 0 radical (unpaired) electrons. The van der Waals surface area contributed by atoms with Gasteiger partial charge < -0.3 is 15.1 Å². The normalized spacial score (nSPS) is 14.8. The Bertz CT molecular complexity index is 1200. The Morgan fingerprint density at radius 2 is 1.68 bits per heavy atom. The number of carbonyl (C=O) groups is 1. The zero-order valence-corrected chi connectivity index (χ0v) is 18.5. The summed E-state index contributed by atoms with van der Waals surface area (Å²) < 4.78 is 1.91. The number of fused-ring (bicyclic) bond motifs is 1. The molecule has 0 atom stereocenters. The van der Waals surface area contributed by atoms with Crippen molar-refractivity contribution in [2.24, 2.45) is 0 Å². The Morgan fingerprint density at radius 3 is 2.39 bits per heavy atom. The van der Waals surface area contributed by atoms with Crippen LogP contribution in [0.2, 0.25) is 0 Å². The molecule has 6 nitrogen and oxygen atoms in total. The van der Waals surface area contributed by atoms with E-state index in [-0.39, 0.29) is 5.91 Å². The van der Waals surface area contributed by atoms with Gasteiger partial charge in [-0.15, -0.1) is 11.3 Å². The third-order valence-electron chi connectivity index (χ3n) is 5.76. The van der Waals surface area contributed by atoms with E-state index in [1.807, 2.05) is 60.1 Å². The SMILES string of the molecule is Cc1nn(-c2ccccc2)c2sc(C(=O)Nc3ccc(N4CCN(C)CC4)cc3)cc12. The maximum atomic E-state index is 12.9. The molecule has 1 saturated heterocycles. The highest BCUT2D eigenvalue weighted by molar-refractivity contribution is 7.20. The second-order valence-corrected chi connectivity index (χ2v) is 8.98. The lowest BCUT2D eigenvalue weighted by molar-refractivity contribution is 0.103. The molecule has 0 bridgehead atoms. The Kier molecular flexibility index (Phi) is 5.21. The van der Waals surface area contributed by atoms with Crippen LogP contribution in [0.1, 0.15) is 15.4 Å². The standard InChI is InChI=1S/C24H25N5OS/c1-17-21-16-22(31-24(21)29(26-17)20-6-4-3-5-7-20)23(30)25-18-8-10-19(11-9-18)28-14-12-27(2)13-15-28/h3-11,16H,12-15H2,1-2H3,(H,25,30). The summed E-state index contributed by atoms with van der Waals surface area (Å²) in [4.78, 5) is 19.3. The summed E-state index contributed by atoms with van der Waals surface area (Å²) in [5, 5.41) is 8.71. The van der Waals surface area contributed by atoms with Crippen LogP contribution >= 0.6 is 11.3 Å². The molecule has 1 aliphatic rings. The number of aryl methyl sites for hydroxylation is 1. The number of aromatic nitrogens is 2. The van der Waals surface area contributed by atoms with Crippen molar-refractivity contribution in [1.29, 1.82) is 0 Å². The first-order chi connectivity index (χ1) is 15.1. The molecule has 1 N–H and O–H groups in total. The molecule has 0 saturated carbocycles.